The molecule has 0 aliphatic carbocycles. The maximum Gasteiger partial charge on any atom is 0.410 e. The Morgan fingerprint density at radius 1 is 1.29 bits per heavy atom. The van der Waals surface area contributed by atoms with Crippen LogP contribution < -0.4 is 0 Å². The molecule has 0 saturated carbocycles. The van der Waals surface area contributed by atoms with Gasteiger partial charge in [0.1, 0.15) is 5.60 Å². The number of benzene rings is 1. The normalized spacial score (nSPS) is 20.6. The highest BCUT2D eigenvalue weighted by atomic mass is 16.6. The average Bonchev–Trinajstić information content (AvgIpc) is 3.23. The van der Waals surface area contributed by atoms with Gasteiger partial charge < -0.3 is 19.3 Å². The van der Waals surface area contributed by atoms with Gasteiger partial charge in [-0.1, -0.05) is 24.3 Å². The van der Waals surface area contributed by atoms with Crippen LogP contribution in [0.2, 0.25) is 0 Å². The van der Waals surface area contributed by atoms with Gasteiger partial charge in [0.2, 0.25) is 0 Å². The number of likely N-dealkylation sites (tertiary alicyclic amines) is 1. The number of amides is 1. The van der Waals surface area contributed by atoms with Crippen molar-refractivity contribution in [2.45, 2.75) is 57.8 Å². The molecule has 0 bridgehead atoms. The van der Waals surface area contributed by atoms with Crippen molar-refractivity contribution < 1.29 is 14.6 Å². The van der Waals surface area contributed by atoms with Gasteiger partial charge in [0.25, 0.3) is 0 Å². The minimum Gasteiger partial charge on any atom is -0.444 e. The van der Waals surface area contributed by atoms with E-state index in [9.17, 15) is 9.90 Å². The number of piperidine rings is 1. The quantitative estimate of drug-likeness (QED) is 0.874. The highest BCUT2D eigenvalue weighted by Gasteiger charge is 2.34. The molecule has 6 nitrogen and oxygen atoms in total. The molecule has 6 heteroatoms. The molecule has 0 radical (unpaired) electrons. The lowest BCUT2D eigenvalue weighted by Gasteiger charge is -2.35. The summed E-state index contributed by atoms with van der Waals surface area (Å²) in [6, 6.07) is 8.48. The molecule has 4 rings (SSSR count). The number of hydrogen-bond donors (Lipinski definition) is 1. The zero-order valence-electron chi connectivity index (χ0n) is 16.8. The van der Waals surface area contributed by atoms with E-state index in [1.54, 1.807) is 4.90 Å². The van der Waals surface area contributed by atoms with Crippen LogP contribution >= 0.6 is 0 Å². The van der Waals surface area contributed by atoms with Crippen molar-refractivity contribution >= 4 is 6.09 Å². The second-order valence-electron chi connectivity index (χ2n) is 8.90. The van der Waals surface area contributed by atoms with Gasteiger partial charge in [-0.25, -0.2) is 9.78 Å². The number of aliphatic hydroxyl groups is 1. The smallest absolute Gasteiger partial charge is 0.410 e. The molecule has 1 fully saturated rings. The summed E-state index contributed by atoms with van der Waals surface area (Å²) < 4.78 is 7.63. The van der Waals surface area contributed by atoms with E-state index < -0.39 is 11.7 Å². The van der Waals surface area contributed by atoms with Crippen LogP contribution in [0, 0.1) is 5.92 Å². The number of hydrogen-bond acceptors (Lipinski definition) is 4. The van der Waals surface area contributed by atoms with Crippen molar-refractivity contribution in [3.05, 3.63) is 42.4 Å². The Balaban J connectivity index is 1.38. The molecular formula is C22H29N3O3. The maximum atomic E-state index is 12.2. The van der Waals surface area contributed by atoms with Gasteiger partial charge in [0.15, 0.2) is 0 Å². The summed E-state index contributed by atoms with van der Waals surface area (Å²) in [5.74, 6) is 0.193. The number of aromatic nitrogens is 2. The molecule has 1 N–H and O–H groups in total. The third-order valence-electron chi connectivity index (χ3n) is 5.80. The first kappa shape index (κ1) is 19.0. The number of nitrogens with zero attached hydrogens (tertiary/aromatic N) is 3. The summed E-state index contributed by atoms with van der Waals surface area (Å²) in [7, 11) is 0. The predicted molar refractivity (Wildman–Crippen MR) is 107 cm³/mol. The van der Waals surface area contributed by atoms with Gasteiger partial charge in [-0.3, -0.25) is 0 Å². The zero-order chi connectivity index (χ0) is 19.9. The molecular weight excluding hydrogens is 354 g/mol. The number of rotatable bonds is 3. The molecule has 28 heavy (non-hydrogen) atoms. The lowest BCUT2D eigenvalue weighted by Crippen LogP contribution is -2.43. The van der Waals surface area contributed by atoms with Crippen LogP contribution in [0.25, 0.3) is 11.3 Å². The van der Waals surface area contributed by atoms with Crippen molar-refractivity contribution in [2.24, 2.45) is 5.92 Å². The van der Waals surface area contributed by atoms with Crippen LogP contribution in [0.15, 0.2) is 36.8 Å². The highest BCUT2D eigenvalue weighted by molar-refractivity contribution is 5.69. The molecule has 1 aromatic heterocycles. The highest BCUT2D eigenvalue weighted by Crippen LogP contribution is 2.42. The number of ether oxygens (including phenoxy) is 1. The number of aliphatic hydroxyl groups excluding tert-OH is 1. The lowest BCUT2D eigenvalue weighted by atomic mass is 9.86. The summed E-state index contributed by atoms with van der Waals surface area (Å²) in [4.78, 5) is 18.3. The minimum absolute atomic E-state index is 0.118. The van der Waals surface area contributed by atoms with Crippen LogP contribution in [0.4, 0.5) is 4.79 Å². The van der Waals surface area contributed by atoms with Crippen molar-refractivity contribution in [3.8, 4) is 11.3 Å². The first-order valence-electron chi connectivity index (χ1n) is 10.1. The number of imidazole rings is 1. The predicted octanol–water partition coefficient (Wildman–Crippen LogP) is 3.85. The second-order valence-corrected chi connectivity index (χ2v) is 8.90. The van der Waals surface area contributed by atoms with E-state index in [0.717, 1.165) is 18.5 Å². The fourth-order valence-electron chi connectivity index (χ4n) is 4.39. The fraction of sp³-hybridized carbons (Fsp3) is 0.545. The first-order chi connectivity index (χ1) is 13.3. The SMILES string of the molecule is CC(C)(C)OC(=O)N1CCC(C(O)C[C@@H]2c3ccccc3-c3cncn32)CC1. The van der Waals surface area contributed by atoms with Crippen molar-refractivity contribution in [3.63, 3.8) is 0 Å². The Hall–Kier alpha value is -2.34. The minimum atomic E-state index is -0.480. The molecule has 0 spiro atoms. The molecule has 1 aromatic carbocycles. The third kappa shape index (κ3) is 3.65. The monoisotopic (exact) mass is 383 g/mol. The largest absolute Gasteiger partial charge is 0.444 e. The van der Waals surface area contributed by atoms with Crippen LogP contribution in [-0.2, 0) is 4.74 Å². The van der Waals surface area contributed by atoms with Crippen LogP contribution in [0.3, 0.4) is 0 Å². The topological polar surface area (TPSA) is 67.6 Å². The van der Waals surface area contributed by atoms with Gasteiger partial charge in [-0.05, 0) is 51.5 Å². The van der Waals surface area contributed by atoms with E-state index in [1.165, 1.54) is 11.1 Å². The molecule has 2 atom stereocenters. The summed E-state index contributed by atoms with van der Waals surface area (Å²) in [5, 5.41) is 11.0. The lowest BCUT2D eigenvalue weighted by molar-refractivity contribution is 0.00557. The van der Waals surface area contributed by atoms with E-state index in [2.05, 4.69) is 27.8 Å². The van der Waals surface area contributed by atoms with Gasteiger partial charge >= 0.3 is 6.09 Å². The number of carbonyl (C=O) groups is 1. The Kier molecular flexibility index (Phi) is 4.91. The summed E-state index contributed by atoms with van der Waals surface area (Å²) >= 11 is 0. The standard InChI is InChI=1S/C22H29N3O3/c1-22(2,3)28-21(27)24-10-8-15(9-11-24)20(26)12-18-16-6-4-5-7-17(16)19-13-23-14-25(18)19/h4-7,13-15,18,20,26H,8-12H2,1-3H3/t18-,20?/m1/s1. The Labute approximate surface area is 166 Å². The van der Waals surface area contributed by atoms with Gasteiger partial charge in [0.05, 0.1) is 30.4 Å². The summed E-state index contributed by atoms with van der Waals surface area (Å²) in [5.41, 5.74) is 3.10. The van der Waals surface area contributed by atoms with Gasteiger partial charge in [-0.15, -0.1) is 0 Å². The van der Waals surface area contributed by atoms with E-state index in [-0.39, 0.29) is 18.1 Å². The summed E-state index contributed by atoms with van der Waals surface area (Å²) in [6.45, 7) is 6.91. The first-order valence-corrected chi connectivity index (χ1v) is 10.1. The molecule has 3 heterocycles. The van der Waals surface area contributed by atoms with E-state index in [1.807, 2.05) is 39.4 Å². The van der Waals surface area contributed by atoms with E-state index in [0.29, 0.717) is 19.5 Å². The zero-order valence-corrected chi connectivity index (χ0v) is 16.8. The maximum absolute atomic E-state index is 12.2. The molecule has 1 saturated heterocycles. The molecule has 150 valence electrons. The van der Waals surface area contributed by atoms with Crippen LogP contribution in [0.5, 0.6) is 0 Å². The van der Waals surface area contributed by atoms with Gasteiger partial charge in [0, 0.05) is 18.7 Å². The van der Waals surface area contributed by atoms with Crippen molar-refractivity contribution in [1.29, 1.82) is 0 Å². The molecule has 2 aliphatic rings. The van der Waals surface area contributed by atoms with E-state index in [4.69, 9.17) is 4.74 Å². The second kappa shape index (κ2) is 7.24. The number of fused-ring (bicyclic) bond motifs is 3. The Bertz CT molecular complexity index is 847. The molecule has 2 aliphatic heterocycles. The Morgan fingerprint density at radius 2 is 2.00 bits per heavy atom. The van der Waals surface area contributed by atoms with Crippen LogP contribution in [0.1, 0.15) is 51.6 Å². The third-order valence-corrected chi connectivity index (χ3v) is 5.80. The van der Waals surface area contributed by atoms with E-state index >= 15 is 0 Å². The van der Waals surface area contributed by atoms with Crippen LogP contribution in [-0.4, -0.2) is 50.4 Å². The summed E-state index contributed by atoms with van der Waals surface area (Å²) in [6.07, 6.45) is 5.34. The van der Waals surface area contributed by atoms with Gasteiger partial charge in [-0.2, -0.15) is 0 Å². The van der Waals surface area contributed by atoms with Crippen molar-refractivity contribution in [2.75, 3.05) is 13.1 Å². The fourth-order valence-corrected chi connectivity index (χ4v) is 4.39. The molecule has 2 aromatic rings. The number of carbonyl (C=O) groups excluding carboxylic acids is 1. The average molecular weight is 383 g/mol. The Morgan fingerprint density at radius 3 is 2.71 bits per heavy atom. The van der Waals surface area contributed by atoms with Crippen molar-refractivity contribution in [1.82, 2.24) is 14.5 Å². The molecule has 1 unspecified atom stereocenters. The molecule has 1 amide bonds.